The second-order valence-electron chi connectivity index (χ2n) is 6.70. The molecule has 1 aromatic rings. The van der Waals surface area contributed by atoms with Gasteiger partial charge in [-0.2, -0.15) is 0 Å². The molecule has 0 aliphatic carbocycles. The molecular formula is C18H29Cl2N3O2. The Bertz CT molecular complexity index is 518. The number of ether oxygens (including phenoxy) is 1. The number of hydrogen-bond donors (Lipinski definition) is 2. The van der Waals surface area contributed by atoms with Crippen LogP contribution in [0, 0.1) is 5.92 Å². The van der Waals surface area contributed by atoms with Gasteiger partial charge in [0.1, 0.15) is 12.4 Å². The van der Waals surface area contributed by atoms with Crippen molar-refractivity contribution in [2.75, 3.05) is 26.2 Å². The van der Waals surface area contributed by atoms with E-state index in [9.17, 15) is 4.79 Å². The highest BCUT2D eigenvalue weighted by Crippen LogP contribution is 2.16. The second kappa shape index (κ2) is 10.9. The van der Waals surface area contributed by atoms with E-state index in [1.807, 2.05) is 38.1 Å². The van der Waals surface area contributed by atoms with E-state index in [4.69, 9.17) is 22.1 Å². The van der Waals surface area contributed by atoms with Crippen LogP contribution in [0.1, 0.15) is 26.7 Å². The minimum absolute atomic E-state index is 0. The predicted molar refractivity (Wildman–Crippen MR) is 105 cm³/mol. The molecule has 0 saturated carbocycles. The Kier molecular flexibility index (Phi) is 9.57. The number of carbonyl (C=O) groups excluding carboxylic acids is 1. The quantitative estimate of drug-likeness (QED) is 0.751. The molecule has 1 saturated heterocycles. The predicted octanol–water partition coefficient (Wildman–Crippen LogP) is 2.70. The monoisotopic (exact) mass is 389 g/mol. The van der Waals surface area contributed by atoms with E-state index < -0.39 is 6.04 Å². The van der Waals surface area contributed by atoms with Gasteiger partial charge < -0.3 is 15.8 Å². The van der Waals surface area contributed by atoms with E-state index >= 15 is 0 Å². The van der Waals surface area contributed by atoms with Crippen molar-refractivity contribution in [3.05, 3.63) is 29.3 Å². The van der Waals surface area contributed by atoms with Crippen LogP contribution in [-0.4, -0.2) is 49.1 Å². The second-order valence-corrected chi connectivity index (χ2v) is 7.13. The van der Waals surface area contributed by atoms with Crippen LogP contribution in [0.3, 0.4) is 0 Å². The maximum atomic E-state index is 12.0. The molecular weight excluding hydrogens is 361 g/mol. The minimum atomic E-state index is -0.421. The number of nitrogens with one attached hydrogen (secondary N) is 1. The lowest BCUT2D eigenvalue weighted by Gasteiger charge is -2.33. The van der Waals surface area contributed by atoms with Crippen LogP contribution < -0.4 is 15.8 Å². The first-order valence-electron chi connectivity index (χ1n) is 8.62. The summed E-state index contributed by atoms with van der Waals surface area (Å²) in [7, 11) is 0. The molecule has 0 spiro atoms. The summed E-state index contributed by atoms with van der Waals surface area (Å²) in [5.74, 6) is 0.967. The van der Waals surface area contributed by atoms with Crippen molar-refractivity contribution >= 4 is 29.9 Å². The average Bonchev–Trinajstić information content (AvgIpc) is 2.57. The molecule has 0 aromatic heterocycles. The Morgan fingerprint density at radius 3 is 2.48 bits per heavy atom. The highest BCUT2D eigenvalue weighted by Gasteiger charge is 2.24. The molecule has 1 amide bonds. The summed E-state index contributed by atoms with van der Waals surface area (Å²) in [6.07, 6.45) is 1.91. The molecule has 0 radical (unpaired) electrons. The number of nitrogens with zero attached hydrogens (tertiary/aromatic N) is 1. The molecule has 1 atom stereocenters. The van der Waals surface area contributed by atoms with E-state index in [0.717, 1.165) is 38.2 Å². The molecule has 7 heteroatoms. The summed E-state index contributed by atoms with van der Waals surface area (Å²) < 4.78 is 5.73. The topological polar surface area (TPSA) is 67.6 Å². The molecule has 25 heavy (non-hydrogen) atoms. The maximum Gasteiger partial charge on any atom is 0.237 e. The van der Waals surface area contributed by atoms with Gasteiger partial charge in [-0.3, -0.25) is 9.69 Å². The first kappa shape index (κ1) is 22.0. The van der Waals surface area contributed by atoms with Gasteiger partial charge in [-0.25, -0.2) is 0 Å². The van der Waals surface area contributed by atoms with Gasteiger partial charge in [0, 0.05) is 30.7 Å². The molecule has 1 aliphatic heterocycles. The SMILES string of the molecule is CC(C)[C@H](N)C(=O)NC1CCN(CCOc2ccc(Cl)cc2)CC1.Cl. The van der Waals surface area contributed by atoms with Gasteiger partial charge in [0.2, 0.25) is 5.91 Å². The number of piperidine rings is 1. The summed E-state index contributed by atoms with van der Waals surface area (Å²) in [6, 6.07) is 7.22. The van der Waals surface area contributed by atoms with E-state index in [-0.39, 0.29) is 30.3 Å². The van der Waals surface area contributed by atoms with E-state index in [2.05, 4.69) is 10.2 Å². The summed E-state index contributed by atoms with van der Waals surface area (Å²) in [5, 5.41) is 3.79. The van der Waals surface area contributed by atoms with Gasteiger partial charge in [0.05, 0.1) is 6.04 Å². The largest absolute Gasteiger partial charge is 0.492 e. The lowest BCUT2D eigenvalue weighted by Crippen LogP contribution is -2.51. The number of benzene rings is 1. The lowest BCUT2D eigenvalue weighted by molar-refractivity contribution is -0.124. The third-order valence-corrected chi connectivity index (χ3v) is 4.70. The van der Waals surface area contributed by atoms with Gasteiger partial charge in [-0.15, -0.1) is 12.4 Å². The molecule has 0 bridgehead atoms. The summed E-state index contributed by atoms with van der Waals surface area (Å²) in [6.45, 7) is 7.39. The Balaban J connectivity index is 0.00000312. The van der Waals surface area contributed by atoms with Crippen LogP contribution in [0.2, 0.25) is 5.02 Å². The zero-order valence-electron chi connectivity index (χ0n) is 14.9. The fourth-order valence-electron chi connectivity index (χ4n) is 2.72. The molecule has 5 nitrogen and oxygen atoms in total. The molecule has 1 fully saturated rings. The van der Waals surface area contributed by atoms with Crippen LogP contribution >= 0.6 is 24.0 Å². The lowest BCUT2D eigenvalue weighted by atomic mass is 10.0. The number of hydrogen-bond acceptors (Lipinski definition) is 4. The van der Waals surface area contributed by atoms with Gasteiger partial charge in [-0.1, -0.05) is 25.4 Å². The zero-order valence-corrected chi connectivity index (χ0v) is 16.5. The summed E-state index contributed by atoms with van der Waals surface area (Å²) in [4.78, 5) is 14.4. The van der Waals surface area contributed by atoms with Crippen molar-refractivity contribution in [1.82, 2.24) is 10.2 Å². The third kappa shape index (κ3) is 7.40. The van der Waals surface area contributed by atoms with Crippen LogP contribution in [0.4, 0.5) is 0 Å². The highest BCUT2D eigenvalue weighted by atomic mass is 35.5. The molecule has 1 aromatic carbocycles. The summed E-state index contributed by atoms with van der Waals surface area (Å²) in [5.41, 5.74) is 5.89. The zero-order chi connectivity index (χ0) is 17.5. The first-order chi connectivity index (χ1) is 11.5. The standard InChI is InChI=1S/C18H28ClN3O2.ClH/c1-13(2)17(20)18(23)21-15-7-9-22(10-8-15)11-12-24-16-5-3-14(19)4-6-16;/h3-6,13,15,17H,7-12,20H2,1-2H3,(H,21,23);1H/t17-;/m0./s1. The number of halogens is 2. The van der Waals surface area contributed by atoms with E-state index in [0.29, 0.717) is 11.6 Å². The Morgan fingerprint density at radius 1 is 1.32 bits per heavy atom. The van der Waals surface area contributed by atoms with Crippen molar-refractivity contribution in [2.45, 2.75) is 38.8 Å². The Morgan fingerprint density at radius 2 is 1.92 bits per heavy atom. The van der Waals surface area contributed by atoms with E-state index in [1.54, 1.807) is 0 Å². The van der Waals surface area contributed by atoms with Gasteiger partial charge in [0.25, 0.3) is 0 Å². The van der Waals surface area contributed by atoms with Gasteiger partial charge in [0.15, 0.2) is 0 Å². The normalized spacial score (nSPS) is 17.0. The fourth-order valence-corrected chi connectivity index (χ4v) is 2.85. The van der Waals surface area contributed by atoms with Crippen LogP contribution in [-0.2, 0) is 4.79 Å². The van der Waals surface area contributed by atoms with Crippen molar-refractivity contribution in [2.24, 2.45) is 11.7 Å². The van der Waals surface area contributed by atoms with Crippen molar-refractivity contribution in [3.63, 3.8) is 0 Å². The number of rotatable bonds is 7. The van der Waals surface area contributed by atoms with Crippen LogP contribution in [0.25, 0.3) is 0 Å². The highest BCUT2D eigenvalue weighted by molar-refractivity contribution is 6.30. The van der Waals surface area contributed by atoms with Crippen LogP contribution in [0.5, 0.6) is 5.75 Å². The number of nitrogens with two attached hydrogens (primary N) is 1. The Labute approximate surface area is 161 Å². The number of carbonyl (C=O) groups is 1. The Hall–Kier alpha value is -1.01. The molecule has 1 aliphatic rings. The first-order valence-corrected chi connectivity index (χ1v) is 9.00. The van der Waals surface area contributed by atoms with Gasteiger partial charge >= 0.3 is 0 Å². The molecule has 1 heterocycles. The van der Waals surface area contributed by atoms with E-state index in [1.165, 1.54) is 0 Å². The number of likely N-dealkylation sites (tertiary alicyclic amines) is 1. The summed E-state index contributed by atoms with van der Waals surface area (Å²) >= 11 is 5.85. The van der Waals surface area contributed by atoms with Crippen molar-refractivity contribution in [3.8, 4) is 5.75 Å². The minimum Gasteiger partial charge on any atom is -0.492 e. The smallest absolute Gasteiger partial charge is 0.237 e. The molecule has 142 valence electrons. The van der Waals surface area contributed by atoms with Crippen LogP contribution in [0.15, 0.2) is 24.3 Å². The third-order valence-electron chi connectivity index (χ3n) is 4.44. The molecule has 2 rings (SSSR count). The molecule has 3 N–H and O–H groups in total. The fraction of sp³-hybridized carbons (Fsp3) is 0.611. The van der Waals surface area contributed by atoms with Gasteiger partial charge in [-0.05, 0) is 43.0 Å². The number of amides is 1. The maximum absolute atomic E-state index is 12.0. The van der Waals surface area contributed by atoms with Crippen molar-refractivity contribution < 1.29 is 9.53 Å². The molecule has 0 unspecified atom stereocenters. The van der Waals surface area contributed by atoms with Crippen molar-refractivity contribution in [1.29, 1.82) is 0 Å². The average molecular weight is 390 g/mol.